The van der Waals surface area contributed by atoms with Gasteiger partial charge in [-0.05, 0) is 24.3 Å². The van der Waals surface area contributed by atoms with Gasteiger partial charge < -0.3 is 5.11 Å². The molecule has 1 aliphatic carbocycles. The Morgan fingerprint density at radius 3 is 2.79 bits per heavy atom. The van der Waals surface area contributed by atoms with Crippen molar-refractivity contribution in [2.45, 2.75) is 33.3 Å². The normalized spacial score (nSPS) is 28.3. The van der Waals surface area contributed by atoms with Crippen LogP contribution in [0, 0.1) is 11.3 Å². The molecule has 0 fully saturated rings. The summed E-state index contributed by atoms with van der Waals surface area (Å²) in [7, 11) is 0. The summed E-state index contributed by atoms with van der Waals surface area (Å²) in [5.41, 5.74) is 1.36. The van der Waals surface area contributed by atoms with E-state index in [1.54, 1.807) is 6.92 Å². The van der Waals surface area contributed by atoms with Crippen LogP contribution in [0.25, 0.3) is 0 Å². The Morgan fingerprint density at radius 2 is 2.29 bits per heavy atom. The lowest BCUT2D eigenvalue weighted by Gasteiger charge is -2.35. The molecule has 0 heterocycles. The molecule has 0 saturated heterocycles. The Labute approximate surface area is 86.8 Å². The van der Waals surface area contributed by atoms with Gasteiger partial charge in [0.25, 0.3) is 0 Å². The maximum Gasteiger partial charge on any atom is 0.0692 e. The van der Waals surface area contributed by atoms with Gasteiger partial charge in [-0.3, -0.25) is 0 Å². The second kappa shape index (κ2) is 4.14. The molecular formula is C13H20O. The molecule has 0 radical (unpaired) electrons. The van der Waals surface area contributed by atoms with Gasteiger partial charge in [0, 0.05) is 5.92 Å². The van der Waals surface area contributed by atoms with Crippen LogP contribution in [0.4, 0.5) is 0 Å². The van der Waals surface area contributed by atoms with Crippen LogP contribution in [-0.2, 0) is 0 Å². The summed E-state index contributed by atoms with van der Waals surface area (Å²) in [4.78, 5) is 0. The highest BCUT2D eigenvalue weighted by molar-refractivity contribution is 5.29. The summed E-state index contributed by atoms with van der Waals surface area (Å²) in [5, 5.41) is 9.20. The summed E-state index contributed by atoms with van der Waals surface area (Å²) < 4.78 is 0. The molecule has 0 unspecified atom stereocenters. The van der Waals surface area contributed by atoms with Crippen molar-refractivity contribution in [2.24, 2.45) is 11.3 Å². The molecule has 0 aromatic rings. The lowest BCUT2D eigenvalue weighted by Crippen LogP contribution is -2.25. The Bertz CT molecular complexity index is 269. The van der Waals surface area contributed by atoms with E-state index in [0.717, 1.165) is 12.0 Å². The molecule has 0 saturated carbocycles. The molecule has 2 atom stereocenters. The Hall–Kier alpha value is -0.820. The topological polar surface area (TPSA) is 20.2 Å². The van der Waals surface area contributed by atoms with Gasteiger partial charge in [0.1, 0.15) is 0 Å². The van der Waals surface area contributed by atoms with Crippen LogP contribution in [0.5, 0.6) is 0 Å². The largest absolute Gasteiger partial charge is 0.389 e. The van der Waals surface area contributed by atoms with Gasteiger partial charge in [0.2, 0.25) is 0 Å². The lowest BCUT2D eigenvalue weighted by atomic mass is 9.69. The highest BCUT2D eigenvalue weighted by Gasteiger charge is 2.30. The van der Waals surface area contributed by atoms with Gasteiger partial charge >= 0.3 is 0 Å². The first kappa shape index (κ1) is 11.3. The van der Waals surface area contributed by atoms with E-state index in [0.29, 0.717) is 5.92 Å². The number of hydrogen-bond acceptors (Lipinski definition) is 1. The van der Waals surface area contributed by atoms with Crippen molar-refractivity contribution in [3.05, 3.63) is 36.5 Å². The van der Waals surface area contributed by atoms with Gasteiger partial charge in [-0.25, -0.2) is 0 Å². The first-order valence-electron chi connectivity index (χ1n) is 5.15. The first-order chi connectivity index (χ1) is 6.43. The standard InChI is InChI=1S/C13H20O/c1-10-6-5-9-13(3,4)12(10)8-7-11(2)14/h5-8,11-12,14H,1,9H2,2-4H3/b8-7+/t11-,12-/m0/s1. The van der Waals surface area contributed by atoms with Crippen molar-refractivity contribution in [3.63, 3.8) is 0 Å². The summed E-state index contributed by atoms with van der Waals surface area (Å²) in [6, 6.07) is 0. The third-order valence-electron chi connectivity index (χ3n) is 2.80. The van der Waals surface area contributed by atoms with E-state index in [1.165, 1.54) is 0 Å². The predicted molar refractivity (Wildman–Crippen MR) is 61.0 cm³/mol. The first-order valence-corrected chi connectivity index (χ1v) is 5.15. The van der Waals surface area contributed by atoms with Crippen molar-refractivity contribution >= 4 is 0 Å². The molecule has 1 heteroatoms. The van der Waals surface area contributed by atoms with Crippen LogP contribution in [0.1, 0.15) is 27.2 Å². The second-order valence-electron chi connectivity index (χ2n) is 4.77. The molecule has 1 aliphatic rings. The molecule has 1 rings (SSSR count). The molecule has 1 N–H and O–H groups in total. The number of aliphatic hydroxyl groups is 1. The molecule has 0 aromatic carbocycles. The van der Waals surface area contributed by atoms with Crippen LogP contribution in [-0.4, -0.2) is 11.2 Å². The minimum atomic E-state index is -0.371. The average Bonchev–Trinajstić information content (AvgIpc) is 2.01. The maximum atomic E-state index is 9.20. The zero-order valence-corrected chi connectivity index (χ0v) is 9.33. The molecule has 78 valence electrons. The third-order valence-corrected chi connectivity index (χ3v) is 2.80. The van der Waals surface area contributed by atoms with E-state index in [4.69, 9.17) is 0 Å². The van der Waals surface area contributed by atoms with E-state index in [-0.39, 0.29) is 11.5 Å². The molecular weight excluding hydrogens is 172 g/mol. The number of rotatable bonds is 2. The second-order valence-corrected chi connectivity index (χ2v) is 4.77. The van der Waals surface area contributed by atoms with Gasteiger partial charge in [-0.2, -0.15) is 0 Å². The number of hydrogen-bond donors (Lipinski definition) is 1. The van der Waals surface area contributed by atoms with Crippen molar-refractivity contribution in [1.82, 2.24) is 0 Å². The number of aliphatic hydroxyl groups excluding tert-OH is 1. The molecule has 0 aliphatic heterocycles. The zero-order valence-electron chi connectivity index (χ0n) is 9.33. The minimum absolute atomic E-state index is 0.219. The molecule has 0 aromatic heterocycles. The Morgan fingerprint density at radius 1 is 1.64 bits per heavy atom. The third kappa shape index (κ3) is 2.58. The van der Waals surface area contributed by atoms with Crippen LogP contribution in [0.2, 0.25) is 0 Å². The molecule has 1 nitrogen and oxygen atoms in total. The molecule has 0 spiro atoms. The van der Waals surface area contributed by atoms with E-state index >= 15 is 0 Å². The van der Waals surface area contributed by atoms with Crippen molar-refractivity contribution in [1.29, 1.82) is 0 Å². The Balaban J connectivity index is 2.83. The molecule has 14 heavy (non-hydrogen) atoms. The van der Waals surface area contributed by atoms with Crippen LogP contribution >= 0.6 is 0 Å². The quantitative estimate of drug-likeness (QED) is 0.667. The molecule has 0 bridgehead atoms. The fourth-order valence-corrected chi connectivity index (χ4v) is 1.90. The van der Waals surface area contributed by atoms with Crippen LogP contribution in [0.3, 0.4) is 0 Å². The van der Waals surface area contributed by atoms with Gasteiger partial charge in [-0.1, -0.05) is 44.7 Å². The monoisotopic (exact) mass is 192 g/mol. The summed E-state index contributed by atoms with van der Waals surface area (Å²) >= 11 is 0. The van der Waals surface area contributed by atoms with Crippen molar-refractivity contribution in [2.75, 3.05) is 0 Å². The lowest BCUT2D eigenvalue weighted by molar-refractivity contribution is 0.240. The highest BCUT2D eigenvalue weighted by atomic mass is 16.3. The minimum Gasteiger partial charge on any atom is -0.389 e. The van der Waals surface area contributed by atoms with E-state index in [2.05, 4.69) is 38.7 Å². The fourth-order valence-electron chi connectivity index (χ4n) is 1.90. The van der Waals surface area contributed by atoms with Crippen molar-refractivity contribution in [3.8, 4) is 0 Å². The van der Waals surface area contributed by atoms with Gasteiger partial charge in [-0.15, -0.1) is 0 Å². The molecule has 0 amide bonds. The van der Waals surface area contributed by atoms with Crippen LogP contribution < -0.4 is 0 Å². The summed E-state index contributed by atoms with van der Waals surface area (Å²) in [6.07, 6.45) is 8.88. The van der Waals surface area contributed by atoms with Crippen LogP contribution in [0.15, 0.2) is 36.5 Å². The fraction of sp³-hybridized carbons (Fsp3) is 0.538. The SMILES string of the molecule is C=C1C=CCC(C)(C)[C@H]1/C=C/[C@H](C)O. The summed E-state index contributed by atoms with van der Waals surface area (Å²) in [5.74, 6) is 0.349. The van der Waals surface area contributed by atoms with E-state index in [1.807, 2.05) is 6.08 Å². The van der Waals surface area contributed by atoms with Gasteiger partial charge in [0.15, 0.2) is 0 Å². The average molecular weight is 192 g/mol. The van der Waals surface area contributed by atoms with E-state index in [9.17, 15) is 5.11 Å². The zero-order chi connectivity index (χ0) is 10.8. The highest BCUT2D eigenvalue weighted by Crippen LogP contribution is 2.40. The smallest absolute Gasteiger partial charge is 0.0692 e. The predicted octanol–water partition coefficient (Wildman–Crippen LogP) is 3.08. The van der Waals surface area contributed by atoms with Crippen molar-refractivity contribution < 1.29 is 5.11 Å². The van der Waals surface area contributed by atoms with Gasteiger partial charge in [0.05, 0.1) is 6.10 Å². The van der Waals surface area contributed by atoms with E-state index < -0.39 is 0 Å². The summed E-state index contributed by atoms with van der Waals surface area (Å²) in [6.45, 7) is 10.3. The Kier molecular flexibility index (Phi) is 3.33. The number of allylic oxidation sites excluding steroid dienone is 4. The maximum absolute atomic E-state index is 9.20.